The van der Waals surface area contributed by atoms with Gasteiger partial charge in [0, 0.05) is 12.1 Å². The molecule has 6 nitrogen and oxygen atoms in total. The molecular formula is C6H19NO5Si2. The van der Waals surface area contributed by atoms with Gasteiger partial charge in [0.15, 0.2) is 0 Å². The van der Waals surface area contributed by atoms with Crippen LogP contribution in [0.25, 0.3) is 0 Å². The largest absolute Gasteiger partial charge is 0.488 e. The summed E-state index contributed by atoms with van der Waals surface area (Å²) in [6, 6.07) is 0.0780. The standard InChI is InChI=1S/C6H19NO5Si2/c1-2-5-13(8,9)12-14(10,11)6-3-4-7/h8-11H,2-7H2,1H3. The molecule has 0 saturated carbocycles. The highest BCUT2D eigenvalue weighted by Crippen LogP contribution is 2.15. The Balaban J connectivity index is 4.05. The Hall–Kier alpha value is 0.194. The van der Waals surface area contributed by atoms with Crippen LogP contribution in [0.3, 0.4) is 0 Å². The van der Waals surface area contributed by atoms with Gasteiger partial charge in [-0.25, -0.2) is 0 Å². The zero-order chi connectivity index (χ0) is 11.2. The Morgan fingerprint density at radius 1 is 1.07 bits per heavy atom. The minimum atomic E-state index is -3.92. The van der Waals surface area contributed by atoms with E-state index in [2.05, 4.69) is 4.12 Å². The molecule has 0 heterocycles. The molecule has 0 aliphatic rings. The van der Waals surface area contributed by atoms with Crippen LogP contribution in [-0.4, -0.2) is 43.3 Å². The second kappa shape index (κ2) is 5.93. The third-order valence-corrected chi connectivity index (χ3v) is 6.38. The Morgan fingerprint density at radius 2 is 1.57 bits per heavy atom. The summed E-state index contributed by atoms with van der Waals surface area (Å²) >= 11 is 0. The van der Waals surface area contributed by atoms with Crippen LogP contribution in [0.15, 0.2) is 0 Å². The zero-order valence-electron chi connectivity index (χ0n) is 8.31. The second-order valence-electron chi connectivity index (χ2n) is 3.23. The first-order chi connectivity index (χ1) is 6.33. The van der Waals surface area contributed by atoms with Crippen molar-refractivity contribution in [2.45, 2.75) is 31.9 Å². The number of nitrogens with two attached hydrogens (primary N) is 1. The topological polar surface area (TPSA) is 116 Å². The van der Waals surface area contributed by atoms with Gasteiger partial charge in [-0.1, -0.05) is 13.3 Å². The van der Waals surface area contributed by atoms with E-state index in [9.17, 15) is 19.2 Å². The van der Waals surface area contributed by atoms with Gasteiger partial charge in [-0.15, -0.1) is 0 Å². The van der Waals surface area contributed by atoms with Gasteiger partial charge in [0.1, 0.15) is 0 Å². The molecule has 0 aromatic carbocycles. The van der Waals surface area contributed by atoms with E-state index >= 15 is 0 Å². The maximum Gasteiger partial charge on any atom is 0.488 e. The van der Waals surface area contributed by atoms with Crippen molar-refractivity contribution in [3.8, 4) is 0 Å². The minimum Gasteiger partial charge on any atom is -0.390 e. The molecule has 0 bridgehead atoms. The lowest BCUT2D eigenvalue weighted by molar-refractivity contribution is 0.153. The van der Waals surface area contributed by atoms with Crippen molar-refractivity contribution in [1.29, 1.82) is 0 Å². The monoisotopic (exact) mass is 241 g/mol. The molecule has 0 aliphatic carbocycles. The average Bonchev–Trinajstić information content (AvgIpc) is 1.98. The molecule has 8 heteroatoms. The van der Waals surface area contributed by atoms with Gasteiger partial charge in [0.25, 0.3) is 0 Å². The predicted molar refractivity (Wildman–Crippen MR) is 55.0 cm³/mol. The summed E-state index contributed by atoms with van der Waals surface area (Å²) in [6.45, 7) is 2.08. The first-order valence-corrected chi connectivity index (χ1v) is 8.64. The van der Waals surface area contributed by atoms with Crippen LogP contribution in [-0.2, 0) is 4.12 Å². The summed E-state index contributed by atoms with van der Waals surface area (Å²) in [5.74, 6) is 0. The molecule has 0 aromatic heterocycles. The summed E-state index contributed by atoms with van der Waals surface area (Å²) in [5, 5.41) is 0. The molecule has 0 atom stereocenters. The minimum absolute atomic E-state index is 0.00306. The SMILES string of the molecule is CCC[Si](O)(O)O[Si](O)(O)CCCN. The molecule has 0 aliphatic heterocycles. The molecule has 6 N–H and O–H groups in total. The van der Waals surface area contributed by atoms with E-state index in [4.69, 9.17) is 5.73 Å². The first-order valence-electron chi connectivity index (χ1n) is 4.63. The van der Waals surface area contributed by atoms with E-state index < -0.39 is 17.6 Å². The van der Waals surface area contributed by atoms with E-state index in [-0.39, 0.29) is 12.1 Å². The molecular weight excluding hydrogens is 222 g/mol. The van der Waals surface area contributed by atoms with Gasteiger partial charge in [-0.05, 0) is 13.0 Å². The van der Waals surface area contributed by atoms with E-state index in [0.717, 1.165) is 0 Å². The molecule has 86 valence electrons. The van der Waals surface area contributed by atoms with Crippen LogP contribution < -0.4 is 5.73 Å². The zero-order valence-corrected chi connectivity index (χ0v) is 10.3. The van der Waals surface area contributed by atoms with Crippen LogP contribution in [0.5, 0.6) is 0 Å². The summed E-state index contributed by atoms with van der Waals surface area (Å²) in [7, 11) is -7.78. The molecule has 14 heavy (non-hydrogen) atoms. The highest BCUT2D eigenvalue weighted by molar-refractivity contribution is 6.72. The number of rotatable bonds is 7. The number of hydrogen-bond donors (Lipinski definition) is 5. The second-order valence-corrected chi connectivity index (χ2v) is 8.02. The fourth-order valence-corrected chi connectivity index (χ4v) is 5.25. The Morgan fingerprint density at radius 3 is 2.00 bits per heavy atom. The Labute approximate surface area is 85.7 Å². The third kappa shape index (κ3) is 6.62. The lowest BCUT2D eigenvalue weighted by Gasteiger charge is -2.25. The van der Waals surface area contributed by atoms with Crippen molar-refractivity contribution < 1.29 is 23.3 Å². The lowest BCUT2D eigenvalue weighted by Crippen LogP contribution is -2.52. The highest BCUT2D eigenvalue weighted by atomic mass is 28.5. The molecule has 0 fully saturated rings. The van der Waals surface area contributed by atoms with E-state index in [0.29, 0.717) is 19.4 Å². The van der Waals surface area contributed by atoms with Crippen LogP contribution in [0, 0.1) is 0 Å². The fourth-order valence-electron chi connectivity index (χ4n) is 1.02. The van der Waals surface area contributed by atoms with Crippen molar-refractivity contribution in [1.82, 2.24) is 0 Å². The molecule has 0 spiro atoms. The smallest absolute Gasteiger partial charge is 0.390 e. The normalized spacial score (nSPS) is 13.3. The maximum absolute atomic E-state index is 9.34. The Bertz CT molecular complexity index is 166. The molecule has 0 saturated heterocycles. The van der Waals surface area contributed by atoms with Gasteiger partial charge in [0.2, 0.25) is 0 Å². The van der Waals surface area contributed by atoms with Crippen molar-refractivity contribution in [2.75, 3.05) is 6.54 Å². The average molecular weight is 241 g/mol. The maximum atomic E-state index is 9.34. The van der Waals surface area contributed by atoms with Gasteiger partial charge in [-0.2, -0.15) is 0 Å². The molecule has 0 aromatic rings. The van der Waals surface area contributed by atoms with Crippen LogP contribution in [0.4, 0.5) is 0 Å². The van der Waals surface area contributed by atoms with Gasteiger partial charge in [-0.3, -0.25) is 0 Å². The van der Waals surface area contributed by atoms with Crippen molar-refractivity contribution in [3.05, 3.63) is 0 Å². The fraction of sp³-hybridized carbons (Fsp3) is 1.00. The lowest BCUT2D eigenvalue weighted by atomic mass is 10.5. The van der Waals surface area contributed by atoms with Gasteiger partial charge in [0.05, 0.1) is 0 Å². The van der Waals surface area contributed by atoms with Crippen LogP contribution >= 0.6 is 0 Å². The van der Waals surface area contributed by atoms with Crippen molar-refractivity contribution >= 4 is 17.6 Å². The molecule has 0 unspecified atom stereocenters. The van der Waals surface area contributed by atoms with Crippen molar-refractivity contribution in [3.63, 3.8) is 0 Å². The van der Waals surface area contributed by atoms with Gasteiger partial charge >= 0.3 is 17.6 Å². The van der Waals surface area contributed by atoms with Crippen LogP contribution in [0.2, 0.25) is 12.1 Å². The Kier molecular flexibility index (Phi) is 6.01. The van der Waals surface area contributed by atoms with Crippen molar-refractivity contribution in [2.24, 2.45) is 5.73 Å². The molecule has 0 amide bonds. The van der Waals surface area contributed by atoms with Gasteiger partial charge < -0.3 is 29.0 Å². The molecule has 0 rings (SSSR count). The highest BCUT2D eigenvalue weighted by Gasteiger charge is 2.44. The summed E-state index contributed by atoms with van der Waals surface area (Å²) in [6.07, 6.45) is 0.927. The quantitative estimate of drug-likeness (QED) is 0.350. The predicted octanol–water partition coefficient (Wildman–Crippen LogP) is -1.39. The van der Waals surface area contributed by atoms with Crippen LogP contribution in [0.1, 0.15) is 19.8 Å². The summed E-state index contributed by atoms with van der Waals surface area (Å²) in [5.41, 5.74) is 5.19. The molecule has 0 radical (unpaired) electrons. The first kappa shape index (κ1) is 14.2. The van der Waals surface area contributed by atoms with E-state index in [1.807, 2.05) is 0 Å². The third-order valence-electron chi connectivity index (χ3n) is 1.61. The summed E-state index contributed by atoms with van der Waals surface area (Å²) < 4.78 is 4.61. The number of hydrogen-bond acceptors (Lipinski definition) is 6. The van der Waals surface area contributed by atoms with E-state index in [1.54, 1.807) is 6.92 Å². The van der Waals surface area contributed by atoms with E-state index in [1.165, 1.54) is 0 Å². The summed E-state index contributed by atoms with van der Waals surface area (Å²) in [4.78, 5) is 37.3.